The zero-order chi connectivity index (χ0) is 15.5. The lowest BCUT2D eigenvalue weighted by atomic mass is 10.1. The van der Waals surface area contributed by atoms with E-state index >= 15 is 0 Å². The minimum Gasteiger partial charge on any atom is -0.507 e. The molecule has 1 aromatic carbocycles. The van der Waals surface area contributed by atoms with Crippen LogP contribution in [0.4, 0.5) is 5.69 Å². The lowest BCUT2D eigenvalue weighted by Crippen LogP contribution is -2.48. The molecule has 114 valence electrons. The number of aromatic hydroxyl groups is 1. The molecule has 1 saturated heterocycles. The number of hydrogen-bond acceptors (Lipinski definition) is 4. The third kappa shape index (κ3) is 2.99. The molecule has 2 aromatic rings. The standard InChI is InChI=1S/C16H16ClN3O2/c17-12-1-2-15(21)14(11-12)16(22)20-9-7-19(8-10-20)13-3-5-18-6-4-13/h1-6,11,21H,7-10H2. The molecule has 0 radical (unpaired) electrons. The van der Waals surface area contributed by atoms with Crippen LogP contribution in [0.3, 0.4) is 0 Å². The summed E-state index contributed by atoms with van der Waals surface area (Å²) in [6, 6.07) is 8.44. The van der Waals surface area contributed by atoms with Crippen LogP contribution >= 0.6 is 11.6 Å². The molecule has 3 rings (SSSR count). The van der Waals surface area contributed by atoms with Crippen molar-refractivity contribution in [1.82, 2.24) is 9.88 Å². The molecule has 1 fully saturated rings. The number of amides is 1. The zero-order valence-electron chi connectivity index (χ0n) is 11.9. The van der Waals surface area contributed by atoms with Gasteiger partial charge in [0.1, 0.15) is 5.75 Å². The predicted octanol–water partition coefficient (Wildman–Crippen LogP) is 2.40. The van der Waals surface area contributed by atoms with Crippen molar-refractivity contribution in [2.24, 2.45) is 0 Å². The van der Waals surface area contributed by atoms with Crippen molar-refractivity contribution in [2.45, 2.75) is 0 Å². The van der Waals surface area contributed by atoms with Gasteiger partial charge >= 0.3 is 0 Å². The molecule has 1 amide bonds. The van der Waals surface area contributed by atoms with E-state index in [2.05, 4.69) is 9.88 Å². The number of piperazine rings is 1. The normalized spacial score (nSPS) is 15.0. The van der Waals surface area contributed by atoms with E-state index in [9.17, 15) is 9.90 Å². The molecule has 0 unspecified atom stereocenters. The van der Waals surface area contributed by atoms with E-state index in [1.54, 1.807) is 23.4 Å². The summed E-state index contributed by atoms with van der Waals surface area (Å²) < 4.78 is 0. The minimum atomic E-state index is -0.186. The Morgan fingerprint density at radius 3 is 2.45 bits per heavy atom. The average Bonchev–Trinajstić information content (AvgIpc) is 2.57. The number of carbonyl (C=O) groups excluding carboxylic acids is 1. The number of benzene rings is 1. The smallest absolute Gasteiger partial charge is 0.257 e. The van der Waals surface area contributed by atoms with Crippen LogP contribution in [-0.4, -0.2) is 47.1 Å². The summed E-state index contributed by atoms with van der Waals surface area (Å²) in [5.41, 5.74) is 1.36. The third-order valence-corrected chi connectivity index (χ3v) is 4.02. The maximum atomic E-state index is 12.5. The van der Waals surface area contributed by atoms with Crippen LogP contribution in [0.5, 0.6) is 5.75 Å². The van der Waals surface area contributed by atoms with Crippen molar-refractivity contribution in [3.63, 3.8) is 0 Å². The van der Waals surface area contributed by atoms with E-state index in [4.69, 9.17) is 11.6 Å². The summed E-state index contributed by atoms with van der Waals surface area (Å²) in [6.07, 6.45) is 3.52. The Bertz CT molecular complexity index is 670. The van der Waals surface area contributed by atoms with Crippen LogP contribution < -0.4 is 4.90 Å². The van der Waals surface area contributed by atoms with Gasteiger partial charge in [0.05, 0.1) is 5.56 Å². The van der Waals surface area contributed by atoms with E-state index in [-0.39, 0.29) is 17.2 Å². The average molecular weight is 318 g/mol. The first-order chi connectivity index (χ1) is 10.6. The van der Waals surface area contributed by atoms with Crippen LogP contribution in [0.15, 0.2) is 42.7 Å². The largest absolute Gasteiger partial charge is 0.507 e. The molecule has 22 heavy (non-hydrogen) atoms. The third-order valence-electron chi connectivity index (χ3n) is 3.78. The van der Waals surface area contributed by atoms with Crippen LogP contribution in [0.1, 0.15) is 10.4 Å². The van der Waals surface area contributed by atoms with Gasteiger partial charge in [-0.15, -0.1) is 0 Å². The van der Waals surface area contributed by atoms with E-state index in [1.165, 1.54) is 12.1 Å². The van der Waals surface area contributed by atoms with Crippen molar-refractivity contribution in [2.75, 3.05) is 31.1 Å². The quantitative estimate of drug-likeness (QED) is 0.924. The van der Waals surface area contributed by atoms with Gasteiger partial charge in [-0.3, -0.25) is 9.78 Å². The van der Waals surface area contributed by atoms with Gasteiger partial charge in [0.25, 0.3) is 5.91 Å². The Morgan fingerprint density at radius 1 is 1.09 bits per heavy atom. The topological polar surface area (TPSA) is 56.7 Å². The van der Waals surface area contributed by atoms with E-state index in [0.29, 0.717) is 18.1 Å². The number of phenols is 1. The molecule has 0 atom stereocenters. The Morgan fingerprint density at radius 2 is 1.77 bits per heavy atom. The van der Waals surface area contributed by atoms with Gasteiger partial charge in [-0.05, 0) is 30.3 Å². The second-order valence-electron chi connectivity index (χ2n) is 5.15. The molecule has 0 saturated carbocycles. The summed E-state index contributed by atoms with van der Waals surface area (Å²) in [4.78, 5) is 20.5. The number of nitrogens with zero attached hydrogens (tertiary/aromatic N) is 3. The number of phenolic OH excluding ortho intramolecular Hbond substituents is 1. The van der Waals surface area contributed by atoms with Gasteiger partial charge in [0, 0.05) is 49.3 Å². The highest BCUT2D eigenvalue weighted by Crippen LogP contribution is 2.24. The summed E-state index contributed by atoms with van der Waals surface area (Å²) in [5.74, 6) is -0.222. The maximum Gasteiger partial charge on any atom is 0.257 e. The van der Waals surface area contributed by atoms with Crippen molar-refractivity contribution in [1.29, 1.82) is 0 Å². The summed E-state index contributed by atoms with van der Waals surface area (Å²) >= 11 is 5.91. The molecule has 6 heteroatoms. The second kappa shape index (κ2) is 6.23. The summed E-state index contributed by atoms with van der Waals surface area (Å²) in [6.45, 7) is 2.70. The molecule has 0 spiro atoms. The van der Waals surface area contributed by atoms with Gasteiger partial charge < -0.3 is 14.9 Å². The number of halogens is 1. The van der Waals surface area contributed by atoms with Crippen LogP contribution in [0, 0.1) is 0 Å². The van der Waals surface area contributed by atoms with E-state index < -0.39 is 0 Å². The second-order valence-corrected chi connectivity index (χ2v) is 5.58. The number of pyridine rings is 1. The van der Waals surface area contributed by atoms with E-state index in [0.717, 1.165) is 18.8 Å². The summed E-state index contributed by atoms with van der Waals surface area (Å²) in [7, 11) is 0. The number of anilines is 1. The van der Waals surface area contributed by atoms with Crippen molar-refractivity contribution in [3.8, 4) is 5.75 Å². The molecule has 5 nitrogen and oxygen atoms in total. The van der Waals surface area contributed by atoms with Gasteiger partial charge in [-0.1, -0.05) is 11.6 Å². The maximum absolute atomic E-state index is 12.5. The molecular weight excluding hydrogens is 302 g/mol. The Balaban J connectivity index is 1.68. The highest BCUT2D eigenvalue weighted by molar-refractivity contribution is 6.31. The fourth-order valence-corrected chi connectivity index (χ4v) is 2.74. The molecule has 1 aliphatic heterocycles. The highest BCUT2D eigenvalue weighted by Gasteiger charge is 2.24. The van der Waals surface area contributed by atoms with Crippen molar-refractivity contribution in [3.05, 3.63) is 53.3 Å². The Kier molecular flexibility index (Phi) is 4.15. The van der Waals surface area contributed by atoms with Crippen LogP contribution in [-0.2, 0) is 0 Å². The fraction of sp³-hybridized carbons (Fsp3) is 0.250. The number of aromatic nitrogens is 1. The first-order valence-electron chi connectivity index (χ1n) is 7.08. The minimum absolute atomic E-state index is 0.0361. The highest BCUT2D eigenvalue weighted by atomic mass is 35.5. The van der Waals surface area contributed by atoms with Crippen molar-refractivity contribution >= 4 is 23.2 Å². The van der Waals surface area contributed by atoms with Crippen LogP contribution in [0.25, 0.3) is 0 Å². The Hall–Kier alpha value is -2.27. The number of carbonyl (C=O) groups is 1. The van der Waals surface area contributed by atoms with Gasteiger partial charge in [0.15, 0.2) is 0 Å². The number of rotatable bonds is 2. The lowest BCUT2D eigenvalue weighted by Gasteiger charge is -2.36. The van der Waals surface area contributed by atoms with Crippen LogP contribution in [0.2, 0.25) is 5.02 Å². The molecule has 1 aliphatic rings. The first kappa shape index (κ1) is 14.7. The lowest BCUT2D eigenvalue weighted by molar-refractivity contribution is 0.0744. The van der Waals surface area contributed by atoms with Gasteiger partial charge in [-0.25, -0.2) is 0 Å². The molecule has 1 N–H and O–H groups in total. The zero-order valence-corrected chi connectivity index (χ0v) is 12.7. The number of hydrogen-bond donors (Lipinski definition) is 1. The first-order valence-corrected chi connectivity index (χ1v) is 7.46. The fourth-order valence-electron chi connectivity index (χ4n) is 2.57. The summed E-state index contributed by atoms with van der Waals surface area (Å²) in [5, 5.41) is 10.3. The monoisotopic (exact) mass is 317 g/mol. The van der Waals surface area contributed by atoms with E-state index in [1.807, 2.05) is 12.1 Å². The molecule has 0 aliphatic carbocycles. The SMILES string of the molecule is O=C(c1cc(Cl)ccc1O)N1CCN(c2ccncc2)CC1. The molecule has 2 heterocycles. The van der Waals surface area contributed by atoms with Gasteiger partial charge in [-0.2, -0.15) is 0 Å². The predicted molar refractivity (Wildman–Crippen MR) is 85.5 cm³/mol. The Labute approximate surface area is 133 Å². The molecule has 0 bridgehead atoms. The molecular formula is C16H16ClN3O2. The van der Waals surface area contributed by atoms with Gasteiger partial charge in [0.2, 0.25) is 0 Å². The molecule has 1 aromatic heterocycles. The van der Waals surface area contributed by atoms with Crippen molar-refractivity contribution < 1.29 is 9.90 Å².